The molecule has 0 aromatic heterocycles. The number of hydrogen-bond acceptors (Lipinski definition) is 6. The van der Waals surface area contributed by atoms with E-state index < -0.39 is 5.97 Å². The average Bonchev–Trinajstić information content (AvgIpc) is 3.09. The van der Waals surface area contributed by atoms with E-state index >= 15 is 0 Å². The molecule has 0 bridgehead atoms. The quantitative estimate of drug-likeness (QED) is 0.239. The zero-order chi connectivity index (χ0) is 25.5. The largest absolute Gasteiger partial charge is 0.506 e. The topological polar surface area (TPSA) is 85.2 Å². The Morgan fingerprint density at radius 1 is 1.14 bits per heavy atom. The van der Waals surface area contributed by atoms with Crippen LogP contribution in [0.4, 0.5) is 4.39 Å². The highest BCUT2D eigenvalue weighted by atomic mass is 127. The third-order valence-electron chi connectivity index (χ3n) is 4.68. The predicted molar refractivity (Wildman–Crippen MR) is 152 cm³/mol. The summed E-state index contributed by atoms with van der Waals surface area (Å²) in [5.41, 5.74) is 1.51. The van der Waals surface area contributed by atoms with Crippen molar-refractivity contribution in [2.24, 2.45) is 4.99 Å². The monoisotopic (exact) mass is 721 g/mol. The summed E-state index contributed by atoms with van der Waals surface area (Å²) in [5, 5.41) is 10.9. The lowest BCUT2D eigenvalue weighted by Crippen LogP contribution is -2.14. The van der Waals surface area contributed by atoms with Gasteiger partial charge in [-0.3, -0.25) is 4.79 Å². The van der Waals surface area contributed by atoms with Crippen LogP contribution in [0, 0.1) is 13.0 Å². The number of carbonyl (C=O) groups excluding carboxylic acids is 2. The van der Waals surface area contributed by atoms with Crippen molar-refractivity contribution in [3.63, 3.8) is 0 Å². The van der Waals surface area contributed by atoms with Gasteiger partial charge in [-0.05, 0) is 100.0 Å². The maximum Gasteiger partial charge on any atom is 0.344 e. The van der Waals surface area contributed by atoms with Crippen molar-refractivity contribution in [3.8, 4) is 5.75 Å². The van der Waals surface area contributed by atoms with Crippen LogP contribution in [0.25, 0.3) is 6.08 Å². The first-order valence-electron chi connectivity index (χ1n) is 10.7. The van der Waals surface area contributed by atoms with E-state index in [1.54, 1.807) is 25.1 Å². The van der Waals surface area contributed by atoms with E-state index in [0.717, 1.165) is 30.0 Å². The number of rotatable bonds is 8. The molecule has 0 atom stereocenters. The molecular formula is C25H22FI2NO5S. The van der Waals surface area contributed by atoms with Crippen LogP contribution in [0.2, 0.25) is 0 Å². The van der Waals surface area contributed by atoms with Gasteiger partial charge in [-0.2, -0.15) is 0 Å². The summed E-state index contributed by atoms with van der Waals surface area (Å²) in [6.07, 6.45) is 2.59. The third kappa shape index (κ3) is 7.29. The zero-order valence-electron chi connectivity index (χ0n) is 18.9. The fourth-order valence-electron chi connectivity index (χ4n) is 3.06. The van der Waals surface area contributed by atoms with E-state index in [-0.39, 0.29) is 41.1 Å². The molecule has 1 N–H and O–H groups in total. The van der Waals surface area contributed by atoms with Crippen molar-refractivity contribution >= 4 is 79.9 Å². The van der Waals surface area contributed by atoms with Crippen LogP contribution in [0.1, 0.15) is 37.8 Å². The molecule has 0 spiro atoms. The molecule has 10 heteroatoms. The predicted octanol–water partition coefficient (Wildman–Crippen LogP) is 6.80. The Bertz CT molecular complexity index is 1200. The average molecular weight is 721 g/mol. The molecule has 0 fully saturated rings. The summed E-state index contributed by atoms with van der Waals surface area (Å²) in [6.45, 7) is 3.95. The van der Waals surface area contributed by atoms with Crippen molar-refractivity contribution in [1.82, 2.24) is 0 Å². The van der Waals surface area contributed by atoms with E-state index in [4.69, 9.17) is 9.47 Å². The van der Waals surface area contributed by atoms with Crippen LogP contribution in [0.15, 0.2) is 57.6 Å². The Morgan fingerprint density at radius 3 is 2.40 bits per heavy atom. The number of halogens is 3. The summed E-state index contributed by atoms with van der Waals surface area (Å²) in [5.74, 6) is -0.962. The first-order chi connectivity index (χ1) is 16.7. The second-order valence-electron chi connectivity index (χ2n) is 7.34. The van der Waals surface area contributed by atoms with Crippen LogP contribution in [-0.4, -0.2) is 28.6 Å². The van der Waals surface area contributed by atoms with Gasteiger partial charge in [-0.25, -0.2) is 14.2 Å². The van der Waals surface area contributed by atoms with Gasteiger partial charge in [0.1, 0.15) is 34.5 Å². The molecule has 3 rings (SSSR count). The fourth-order valence-corrected chi connectivity index (χ4v) is 6.22. The maximum absolute atomic E-state index is 13.1. The molecule has 184 valence electrons. The summed E-state index contributed by atoms with van der Waals surface area (Å²) in [6, 6.07) is 9.88. The molecule has 0 aliphatic carbocycles. The van der Waals surface area contributed by atoms with Crippen LogP contribution in [-0.2, 0) is 20.9 Å². The Labute approximate surface area is 234 Å². The number of carbonyl (C=O) groups is 2. The van der Waals surface area contributed by atoms with Crippen molar-refractivity contribution < 1.29 is 28.6 Å². The first-order valence-corrected chi connectivity index (χ1v) is 13.7. The van der Waals surface area contributed by atoms with Crippen molar-refractivity contribution in [2.45, 2.75) is 33.3 Å². The van der Waals surface area contributed by atoms with Gasteiger partial charge in [-0.15, -0.1) is 0 Å². The van der Waals surface area contributed by atoms with Crippen LogP contribution in [0.3, 0.4) is 0 Å². The lowest BCUT2D eigenvalue weighted by atomic mass is 10.1. The second-order valence-corrected chi connectivity index (χ2v) is 10.7. The Kier molecular flexibility index (Phi) is 10.2. The number of aliphatic imine (C=N–C) groups is 1. The molecule has 0 radical (unpaired) electrons. The minimum Gasteiger partial charge on any atom is -0.506 e. The highest BCUT2D eigenvalue weighted by Gasteiger charge is 2.33. The molecule has 1 aliphatic rings. The van der Waals surface area contributed by atoms with Crippen LogP contribution in [0.5, 0.6) is 5.75 Å². The number of benzene rings is 2. The van der Waals surface area contributed by atoms with Crippen molar-refractivity contribution in [2.75, 3.05) is 6.61 Å². The number of ether oxygens (including phenoxy) is 2. The number of thioether (sulfide) groups is 1. The summed E-state index contributed by atoms with van der Waals surface area (Å²) >= 11 is 5.38. The molecule has 0 saturated heterocycles. The van der Waals surface area contributed by atoms with E-state index in [1.807, 2.05) is 19.1 Å². The molecule has 1 amide bonds. The van der Waals surface area contributed by atoms with Crippen molar-refractivity contribution in [3.05, 3.63) is 76.7 Å². The summed E-state index contributed by atoms with van der Waals surface area (Å²) in [4.78, 5) is 29.0. The summed E-state index contributed by atoms with van der Waals surface area (Å²) < 4.78 is 25.8. The van der Waals surface area contributed by atoms with E-state index in [1.165, 1.54) is 12.1 Å². The lowest BCUT2D eigenvalue weighted by Gasteiger charge is -2.12. The molecule has 0 unspecified atom stereocenters. The van der Waals surface area contributed by atoms with E-state index in [0.29, 0.717) is 23.7 Å². The van der Waals surface area contributed by atoms with Gasteiger partial charge in [0.15, 0.2) is 0 Å². The molecule has 0 saturated carbocycles. The number of aliphatic hydroxyl groups is 1. The Hall–Kier alpha value is -1.93. The highest BCUT2D eigenvalue weighted by Crippen LogP contribution is 2.40. The van der Waals surface area contributed by atoms with Gasteiger partial charge < -0.3 is 14.6 Å². The normalized spacial score (nSPS) is 15.7. The number of aliphatic hydroxyl groups excluding tert-OH is 1. The lowest BCUT2D eigenvalue weighted by molar-refractivity contribution is -0.138. The molecule has 2 aromatic rings. The minimum atomic E-state index is -0.724. The molecule has 35 heavy (non-hydrogen) atoms. The maximum atomic E-state index is 13.1. The molecule has 6 nitrogen and oxygen atoms in total. The van der Waals surface area contributed by atoms with Crippen molar-refractivity contribution in [1.29, 1.82) is 0 Å². The molecule has 1 heterocycles. The smallest absolute Gasteiger partial charge is 0.344 e. The van der Waals surface area contributed by atoms with E-state index in [2.05, 4.69) is 50.2 Å². The van der Waals surface area contributed by atoms with Gasteiger partial charge in [0.2, 0.25) is 5.91 Å². The number of hydrogen-bond donors (Lipinski definition) is 1. The Balaban J connectivity index is 1.88. The molecular weight excluding hydrogens is 699 g/mol. The van der Waals surface area contributed by atoms with Gasteiger partial charge in [0, 0.05) is 6.42 Å². The fraction of sp³-hybridized carbons (Fsp3) is 0.240. The SMILES string of the molecule is CCCC(=O)N=C1S/C(=C\c2cc(I)c(OCc3ccc(F)cc3)c(I)c2)C(O)=C1C(=O)OCC. The summed E-state index contributed by atoms with van der Waals surface area (Å²) in [7, 11) is 0. The third-order valence-corrected chi connectivity index (χ3v) is 7.30. The van der Waals surface area contributed by atoms with Gasteiger partial charge in [0.25, 0.3) is 0 Å². The first kappa shape index (κ1) is 27.7. The highest BCUT2D eigenvalue weighted by molar-refractivity contribution is 14.1. The molecule has 1 aliphatic heterocycles. The number of esters is 1. The second kappa shape index (κ2) is 12.9. The van der Waals surface area contributed by atoms with Gasteiger partial charge in [0.05, 0.1) is 18.7 Å². The Morgan fingerprint density at radius 2 is 1.80 bits per heavy atom. The molecule has 2 aromatic carbocycles. The standard InChI is InChI=1S/C25H22FI2NO5S/c1-3-5-20(30)29-24-21(25(32)33-4-2)22(31)19(35-24)12-15-10-17(27)23(18(28)11-15)34-13-14-6-8-16(26)9-7-14/h6-12,31H,3-5,13H2,1-2H3/b19-12-,29-24?. The van der Waals surface area contributed by atoms with Gasteiger partial charge in [-0.1, -0.05) is 30.8 Å². The number of amides is 1. The zero-order valence-corrected chi connectivity index (χ0v) is 24.1. The minimum absolute atomic E-state index is 0.101. The van der Waals surface area contributed by atoms with Crippen LogP contribution < -0.4 is 4.74 Å². The van der Waals surface area contributed by atoms with E-state index in [9.17, 15) is 19.1 Å². The number of nitrogens with zero attached hydrogens (tertiary/aromatic N) is 1. The van der Waals surface area contributed by atoms with Crippen LogP contribution >= 0.6 is 56.9 Å². The van der Waals surface area contributed by atoms with Gasteiger partial charge >= 0.3 is 5.97 Å².